The summed E-state index contributed by atoms with van der Waals surface area (Å²) in [4.78, 5) is 9.73. The van der Waals surface area contributed by atoms with Crippen molar-refractivity contribution < 1.29 is 4.92 Å². The van der Waals surface area contributed by atoms with Crippen molar-refractivity contribution in [2.24, 2.45) is 5.73 Å². The highest BCUT2D eigenvalue weighted by Gasteiger charge is 2.15. The van der Waals surface area contributed by atoms with Crippen molar-refractivity contribution in [2.45, 2.75) is 12.8 Å². The third kappa shape index (κ3) is 1.15. The van der Waals surface area contributed by atoms with Crippen LogP contribution in [0.25, 0.3) is 0 Å². The lowest BCUT2D eigenvalue weighted by molar-refractivity contribution is -0.421. The van der Waals surface area contributed by atoms with E-state index in [4.69, 9.17) is 5.73 Å². The number of hydrogen-bond donors (Lipinski definition) is 1. The molecule has 0 saturated carbocycles. The minimum atomic E-state index is -0.453. The van der Waals surface area contributed by atoms with Crippen molar-refractivity contribution in [1.82, 2.24) is 0 Å². The highest BCUT2D eigenvalue weighted by molar-refractivity contribution is 5.24. The molecule has 0 bridgehead atoms. The maximum Gasteiger partial charge on any atom is 0.287 e. The van der Waals surface area contributed by atoms with E-state index in [2.05, 4.69) is 0 Å². The number of nitrogens with two attached hydrogens (primary N) is 1. The van der Waals surface area contributed by atoms with Crippen LogP contribution in [0.4, 0.5) is 0 Å². The molecule has 10 heavy (non-hydrogen) atoms. The molecular formula is C6H8N2O2. The van der Waals surface area contributed by atoms with Gasteiger partial charge in [-0.2, -0.15) is 0 Å². The fraction of sp³-hybridized carbons (Fsp3) is 0.333. The molecule has 1 aliphatic carbocycles. The second-order valence-corrected chi connectivity index (χ2v) is 2.08. The smallest absolute Gasteiger partial charge is 0.287 e. The van der Waals surface area contributed by atoms with E-state index in [1.807, 2.05) is 0 Å². The molecule has 0 spiro atoms. The average Bonchev–Trinajstić information content (AvgIpc) is 1.88. The van der Waals surface area contributed by atoms with E-state index in [9.17, 15) is 10.1 Å². The van der Waals surface area contributed by atoms with Crippen molar-refractivity contribution in [3.8, 4) is 0 Å². The number of hydrogen-bond acceptors (Lipinski definition) is 3. The lowest BCUT2D eigenvalue weighted by Gasteiger charge is -2.02. The fourth-order valence-electron chi connectivity index (χ4n) is 0.861. The van der Waals surface area contributed by atoms with E-state index < -0.39 is 4.92 Å². The Labute approximate surface area is 58.2 Å². The summed E-state index contributed by atoms with van der Waals surface area (Å²) in [7, 11) is 0. The Morgan fingerprint density at radius 2 is 2.10 bits per heavy atom. The van der Waals surface area contributed by atoms with E-state index in [0.29, 0.717) is 0 Å². The van der Waals surface area contributed by atoms with E-state index in [-0.39, 0.29) is 11.4 Å². The van der Waals surface area contributed by atoms with Crippen LogP contribution in [0.3, 0.4) is 0 Å². The first-order valence-corrected chi connectivity index (χ1v) is 3.02. The normalized spacial score (nSPS) is 17.6. The first kappa shape index (κ1) is 6.80. The molecule has 1 rings (SSSR count). The minimum absolute atomic E-state index is 0.0475. The largest absolute Gasteiger partial charge is 0.393 e. The summed E-state index contributed by atoms with van der Waals surface area (Å²) >= 11 is 0. The Bertz CT molecular complexity index is 218. The molecule has 0 saturated heterocycles. The highest BCUT2D eigenvalue weighted by Crippen LogP contribution is 2.13. The second-order valence-electron chi connectivity index (χ2n) is 2.08. The maximum atomic E-state index is 10.2. The van der Waals surface area contributed by atoms with Gasteiger partial charge in [0.2, 0.25) is 0 Å². The maximum absolute atomic E-state index is 10.2. The lowest BCUT2D eigenvalue weighted by atomic mass is 10.1. The average molecular weight is 140 g/mol. The number of nitro groups is 1. The first-order chi connectivity index (χ1) is 4.72. The second kappa shape index (κ2) is 2.51. The Morgan fingerprint density at radius 1 is 1.50 bits per heavy atom. The monoisotopic (exact) mass is 140 g/mol. The van der Waals surface area contributed by atoms with E-state index in [1.54, 1.807) is 12.2 Å². The summed E-state index contributed by atoms with van der Waals surface area (Å²) in [5.41, 5.74) is 5.67. The van der Waals surface area contributed by atoms with Crippen molar-refractivity contribution >= 4 is 0 Å². The fourth-order valence-corrected chi connectivity index (χ4v) is 0.861. The highest BCUT2D eigenvalue weighted by atomic mass is 16.6. The summed E-state index contributed by atoms with van der Waals surface area (Å²) in [6.07, 6.45) is 4.76. The van der Waals surface area contributed by atoms with Gasteiger partial charge in [-0.1, -0.05) is 6.08 Å². The standard InChI is InChI=1S/C6H8N2O2/c7-5-3-1-2-4-6(5)8(9)10/h3-4H,1-2,7H2. The predicted octanol–water partition coefficient (Wildman–Crippen LogP) is 0.783. The molecule has 0 amide bonds. The van der Waals surface area contributed by atoms with E-state index >= 15 is 0 Å². The van der Waals surface area contributed by atoms with Crippen LogP contribution in [-0.4, -0.2) is 4.92 Å². The topological polar surface area (TPSA) is 69.2 Å². The number of nitrogens with zero attached hydrogens (tertiary/aromatic N) is 1. The third-order valence-corrected chi connectivity index (χ3v) is 1.36. The summed E-state index contributed by atoms with van der Waals surface area (Å²) in [5, 5.41) is 10.2. The van der Waals surface area contributed by atoms with Crippen molar-refractivity contribution in [3.05, 3.63) is 33.7 Å². The van der Waals surface area contributed by atoms with Crippen molar-refractivity contribution in [2.75, 3.05) is 0 Å². The van der Waals surface area contributed by atoms with Crippen LogP contribution in [0.1, 0.15) is 12.8 Å². The van der Waals surface area contributed by atoms with Gasteiger partial charge in [-0.3, -0.25) is 10.1 Å². The third-order valence-electron chi connectivity index (χ3n) is 1.36. The van der Waals surface area contributed by atoms with E-state index in [0.717, 1.165) is 12.8 Å². The zero-order valence-corrected chi connectivity index (χ0v) is 5.41. The van der Waals surface area contributed by atoms with Gasteiger partial charge >= 0.3 is 0 Å². The Morgan fingerprint density at radius 3 is 2.50 bits per heavy atom. The molecule has 0 aromatic rings. The quantitative estimate of drug-likeness (QED) is 0.432. The van der Waals surface area contributed by atoms with Gasteiger partial charge < -0.3 is 5.73 Å². The van der Waals surface area contributed by atoms with Gasteiger partial charge in [-0.25, -0.2) is 0 Å². The number of rotatable bonds is 1. The first-order valence-electron chi connectivity index (χ1n) is 3.02. The zero-order chi connectivity index (χ0) is 7.56. The van der Waals surface area contributed by atoms with Gasteiger partial charge in [-0.05, 0) is 18.9 Å². The van der Waals surface area contributed by atoms with Gasteiger partial charge in [0.25, 0.3) is 5.70 Å². The molecule has 1 aliphatic rings. The summed E-state index contributed by atoms with van der Waals surface area (Å²) in [6.45, 7) is 0. The van der Waals surface area contributed by atoms with Crippen LogP contribution in [0.2, 0.25) is 0 Å². The zero-order valence-electron chi connectivity index (χ0n) is 5.41. The van der Waals surface area contributed by atoms with E-state index in [1.165, 1.54) is 0 Å². The molecular weight excluding hydrogens is 132 g/mol. The van der Waals surface area contributed by atoms with Crippen molar-refractivity contribution in [3.63, 3.8) is 0 Å². The minimum Gasteiger partial charge on any atom is -0.393 e. The predicted molar refractivity (Wildman–Crippen MR) is 36.6 cm³/mol. The Hall–Kier alpha value is -1.32. The van der Waals surface area contributed by atoms with Gasteiger partial charge in [0, 0.05) is 0 Å². The molecule has 0 unspecified atom stereocenters. The summed E-state index contributed by atoms with van der Waals surface area (Å²) in [5.74, 6) is 0. The number of allylic oxidation sites excluding steroid dienone is 2. The van der Waals surface area contributed by atoms with Gasteiger partial charge in [0.05, 0.1) is 4.92 Å². The molecule has 4 nitrogen and oxygen atoms in total. The molecule has 0 radical (unpaired) electrons. The van der Waals surface area contributed by atoms with Crippen LogP contribution < -0.4 is 5.73 Å². The van der Waals surface area contributed by atoms with Gasteiger partial charge in [0.15, 0.2) is 0 Å². The summed E-state index contributed by atoms with van der Waals surface area (Å²) in [6, 6.07) is 0. The van der Waals surface area contributed by atoms with Crippen molar-refractivity contribution in [1.29, 1.82) is 0 Å². The van der Waals surface area contributed by atoms with Crippen LogP contribution >= 0.6 is 0 Å². The molecule has 0 aromatic carbocycles. The molecule has 54 valence electrons. The SMILES string of the molecule is NC1=CCCC=C1[N+](=O)[O-]. The van der Waals surface area contributed by atoms with Gasteiger partial charge in [0.1, 0.15) is 5.70 Å². The van der Waals surface area contributed by atoms with Crippen LogP contribution in [0.5, 0.6) is 0 Å². The molecule has 0 aliphatic heterocycles. The van der Waals surface area contributed by atoms with Crippen LogP contribution in [-0.2, 0) is 0 Å². The Kier molecular flexibility index (Phi) is 1.71. The van der Waals surface area contributed by atoms with Crippen LogP contribution in [0, 0.1) is 10.1 Å². The lowest BCUT2D eigenvalue weighted by Crippen LogP contribution is -2.11. The molecule has 0 atom stereocenters. The molecule has 2 N–H and O–H groups in total. The van der Waals surface area contributed by atoms with Gasteiger partial charge in [-0.15, -0.1) is 0 Å². The molecule has 0 fully saturated rings. The molecule has 0 heterocycles. The van der Waals surface area contributed by atoms with Crippen LogP contribution in [0.15, 0.2) is 23.5 Å². The molecule has 4 heteroatoms. The molecule has 0 aromatic heterocycles. The summed E-state index contributed by atoms with van der Waals surface area (Å²) < 4.78 is 0. The Balaban J connectivity index is 2.84.